The number of hydrogen-bond donors (Lipinski definition) is 0. The lowest BCUT2D eigenvalue weighted by atomic mass is 10.0. The Morgan fingerprint density at radius 3 is 2.79 bits per heavy atom. The second kappa shape index (κ2) is 10.1. The molecule has 3 aromatic rings. The number of ether oxygens (including phenoxy) is 1. The van der Waals surface area contributed by atoms with Gasteiger partial charge in [0.2, 0.25) is 6.73 Å². The van der Waals surface area contributed by atoms with E-state index in [0.29, 0.717) is 13.2 Å². The molecule has 0 saturated carbocycles. The third kappa shape index (κ3) is 5.47. The topological polar surface area (TPSA) is 44.1 Å². The normalized spacial score (nSPS) is 17.8. The number of quaternary nitrogens is 1. The fourth-order valence-electron chi connectivity index (χ4n) is 4.96. The molecule has 0 bridgehead atoms. The van der Waals surface area contributed by atoms with Gasteiger partial charge in [-0.2, -0.15) is 0 Å². The van der Waals surface area contributed by atoms with Crippen molar-refractivity contribution in [3.05, 3.63) is 64.6 Å². The predicted molar refractivity (Wildman–Crippen MR) is 133 cm³/mol. The molecule has 1 unspecified atom stereocenters. The fraction of sp³-hybridized carbons (Fsp3) is 0.500. The third-order valence-corrected chi connectivity index (χ3v) is 6.99. The van der Waals surface area contributed by atoms with E-state index in [-0.39, 0.29) is 5.97 Å². The molecule has 4 rings (SSSR count). The summed E-state index contributed by atoms with van der Waals surface area (Å²) in [4.78, 5) is 16.7. The van der Waals surface area contributed by atoms with Crippen molar-refractivity contribution in [1.29, 1.82) is 0 Å². The van der Waals surface area contributed by atoms with Crippen LogP contribution < -0.4 is 0 Å². The maximum absolute atomic E-state index is 12.2. The average Bonchev–Trinajstić information content (AvgIpc) is 3.09. The molecule has 0 saturated heterocycles. The third-order valence-electron chi connectivity index (χ3n) is 6.99. The summed E-state index contributed by atoms with van der Waals surface area (Å²) >= 11 is 0. The van der Waals surface area contributed by atoms with Crippen molar-refractivity contribution < 1.29 is 14.0 Å². The zero-order valence-electron chi connectivity index (χ0n) is 20.7. The summed E-state index contributed by atoms with van der Waals surface area (Å²) in [5, 5.41) is 1.35. The summed E-state index contributed by atoms with van der Waals surface area (Å²) in [6, 6.07) is 11.1. The Morgan fingerprint density at radius 1 is 1.18 bits per heavy atom. The van der Waals surface area contributed by atoms with Crippen LogP contribution in [-0.4, -0.2) is 40.3 Å². The Bertz CT molecular complexity index is 1120. The number of benzene rings is 1. The Morgan fingerprint density at radius 2 is 2.03 bits per heavy atom. The zero-order valence-corrected chi connectivity index (χ0v) is 20.7. The summed E-state index contributed by atoms with van der Waals surface area (Å²) in [5.41, 5.74) is 7.80. The first kappa shape index (κ1) is 23.5. The van der Waals surface area contributed by atoms with Gasteiger partial charge in [-0.3, -0.25) is 14.3 Å². The van der Waals surface area contributed by atoms with E-state index >= 15 is 0 Å². The van der Waals surface area contributed by atoms with Crippen LogP contribution in [0.5, 0.6) is 0 Å². The molecule has 3 heterocycles. The quantitative estimate of drug-likeness (QED) is 0.247. The number of unbranched alkanes of at least 4 members (excludes halogenated alkanes) is 2. The lowest BCUT2D eigenvalue weighted by Crippen LogP contribution is -2.49. The summed E-state index contributed by atoms with van der Waals surface area (Å²) < 4.78 is 8.99. The van der Waals surface area contributed by atoms with Crippen LogP contribution >= 0.6 is 0 Å². The van der Waals surface area contributed by atoms with E-state index in [1.807, 2.05) is 13.1 Å². The van der Waals surface area contributed by atoms with Crippen molar-refractivity contribution in [3.8, 4) is 0 Å². The average molecular weight is 449 g/mol. The van der Waals surface area contributed by atoms with Gasteiger partial charge in [-0.1, -0.05) is 37.5 Å². The summed E-state index contributed by atoms with van der Waals surface area (Å²) in [5.74, 6) is -0.0569. The van der Waals surface area contributed by atoms with E-state index in [1.54, 1.807) is 0 Å². The zero-order chi connectivity index (χ0) is 23.4. The van der Waals surface area contributed by atoms with Crippen LogP contribution in [0.1, 0.15) is 60.7 Å². The van der Waals surface area contributed by atoms with Gasteiger partial charge in [-0.25, -0.2) is 0 Å². The number of carbonyl (C=O) groups excluding carboxylic acids is 1. The molecule has 0 radical (unpaired) electrons. The molecular formula is C28H38N3O2+. The second-order valence-corrected chi connectivity index (χ2v) is 10.0. The number of carbonyl (C=O) groups is 1. The highest BCUT2D eigenvalue weighted by Gasteiger charge is 2.34. The van der Waals surface area contributed by atoms with Crippen molar-refractivity contribution in [2.24, 2.45) is 0 Å². The van der Waals surface area contributed by atoms with Gasteiger partial charge in [0.15, 0.2) is 0 Å². The van der Waals surface area contributed by atoms with E-state index in [2.05, 4.69) is 60.8 Å². The minimum atomic E-state index is -0.0569. The first-order chi connectivity index (χ1) is 15.9. The van der Waals surface area contributed by atoms with Crippen LogP contribution in [0.2, 0.25) is 0 Å². The van der Waals surface area contributed by atoms with Gasteiger partial charge in [-0.05, 0) is 50.5 Å². The van der Waals surface area contributed by atoms with Crippen LogP contribution in [0.3, 0.4) is 0 Å². The number of esters is 1. The lowest BCUT2D eigenvalue weighted by Gasteiger charge is -2.37. The van der Waals surface area contributed by atoms with Crippen molar-refractivity contribution in [1.82, 2.24) is 9.55 Å². The van der Waals surface area contributed by atoms with Crippen molar-refractivity contribution in [3.63, 3.8) is 0 Å². The number of fused-ring (bicyclic) bond motifs is 3. The minimum Gasteiger partial charge on any atom is -0.415 e. The maximum atomic E-state index is 12.2. The number of nitrogens with zero attached hydrogens (tertiary/aromatic N) is 3. The highest BCUT2D eigenvalue weighted by Crippen LogP contribution is 2.34. The predicted octanol–water partition coefficient (Wildman–Crippen LogP) is 5.48. The number of rotatable bonds is 9. The van der Waals surface area contributed by atoms with Crippen LogP contribution in [0, 0.1) is 13.8 Å². The number of pyridine rings is 1. The number of likely N-dealkylation sites (N-methyl/N-ethyl adjacent to an activating group) is 1. The van der Waals surface area contributed by atoms with Gasteiger partial charge in [0.1, 0.15) is 6.54 Å². The monoisotopic (exact) mass is 448 g/mol. The van der Waals surface area contributed by atoms with Crippen LogP contribution in [0.4, 0.5) is 0 Å². The van der Waals surface area contributed by atoms with Gasteiger partial charge >= 0.3 is 5.97 Å². The lowest BCUT2D eigenvalue weighted by molar-refractivity contribution is -0.940. The van der Waals surface area contributed by atoms with E-state index < -0.39 is 0 Å². The van der Waals surface area contributed by atoms with Crippen LogP contribution in [0.15, 0.2) is 36.5 Å². The molecule has 33 heavy (non-hydrogen) atoms. The van der Waals surface area contributed by atoms with E-state index in [0.717, 1.165) is 61.9 Å². The second-order valence-electron chi connectivity index (χ2n) is 10.0. The molecule has 1 aliphatic rings. The van der Waals surface area contributed by atoms with Crippen molar-refractivity contribution >= 4 is 16.9 Å². The molecule has 2 aromatic heterocycles. The fourth-order valence-corrected chi connectivity index (χ4v) is 4.96. The SMILES string of the molecule is CCCCCC(=O)OC[N+]1(C)CCc2c(c3cc(C)ccc3n2CCc2ccc(C)nc2)C1. The van der Waals surface area contributed by atoms with Crippen LogP contribution in [0.25, 0.3) is 10.9 Å². The Labute approximate surface area is 198 Å². The molecule has 5 heteroatoms. The van der Waals surface area contributed by atoms with E-state index in [1.165, 1.54) is 33.3 Å². The molecule has 1 aromatic carbocycles. The molecule has 0 spiro atoms. The smallest absolute Gasteiger partial charge is 0.310 e. The molecule has 0 aliphatic carbocycles. The highest BCUT2D eigenvalue weighted by molar-refractivity contribution is 5.86. The van der Waals surface area contributed by atoms with E-state index in [9.17, 15) is 4.79 Å². The summed E-state index contributed by atoms with van der Waals surface area (Å²) in [7, 11) is 2.22. The minimum absolute atomic E-state index is 0.0569. The first-order valence-electron chi connectivity index (χ1n) is 12.4. The summed E-state index contributed by atoms with van der Waals surface area (Å²) in [6.45, 7) is 9.63. The molecule has 1 atom stereocenters. The molecule has 0 N–H and O–H groups in total. The molecular weight excluding hydrogens is 410 g/mol. The number of hydrogen-bond acceptors (Lipinski definition) is 3. The standard InChI is InChI=1S/C28H38N3O2/c1-5-6-7-8-28(32)33-20-31(4)16-14-27-25(19-31)24-17-21(2)9-12-26(24)30(27)15-13-23-11-10-22(3)29-18-23/h9-12,17-18H,5-8,13-16,19-20H2,1-4H3/q+1. The molecule has 0 fully saturated rings. The Kier molecular flexibility index (Phi) is 7.18. The van der Waals surface area contributed by atoms with Gasteiger partial charge in [-0.15, -0.1) is 0 Å². The highest BCUT2D eigenvalue weighted by atomic mass is 16.5. The largest absolute Gasteiger partial charge is 0.415 e. The van der Waals surface area contributed by atoms with Gasteiger partial charge in [0, 0.05) is 53.4 Å². The molecule has 176 valence electrons. The Hall–Kier alpha value is -2.66. The number of aromatic nitrogens is 2. The number of aryl methyl sites for hydroxylation is 4. The van der Waals surface area contributed by atoms with Gasteiger partial charge in [0.25, 0.3) is 0 Å². The van der Waals surface area contributed by atoms with Gasteiger partial charge in [0.05, 0.1) is 13.6 Å². The van der Waals surface area contributed by atoms with Crippen molar-refractivity contribution in [2.75, 3.05) is 20.3 Å². The van der Waals surface area contributed by atoms with Crippen molar-refractivity contribution in [2.45, 2.75) is 72.4 Å². The maximum Gasteiger partial charge on any atom is 0.310 e. The molecule has 0 amide bonds. The first-order valence-corrected chi connectivity index (χ1v) is 12.4. The molecule has 5 nitrogen and oxygen atoms in total. The van der Waals surface area contributed by atoms with Gasteiger partial charge < -0.3 is 9.30 Å². The molecule has 1 aliphatic heterocycles. The van der Waals surface area contributed by atoms with Crippen LogP contribution in [-0.2, 0) is 35.5 Å². The summed E-state index contributed by atoms with van der Waals surface area (Å²) in [6.07, 6.45) is 7.63. The Balaban J connectivity index is 1.54. The van der Waals surface area contributed by atoms with E-state index in [4.69, 9.17) is 4.74 Å².